The first-order valence-electron chi connectivity index (χ1n) is 6.25. The summed E-state index contributed by atoms with van der Waals surface area (Å²) in [6, 6.07) is 0. The third-order valence-corrected chi connectivity index (χ3v) is 3.32. The van der Waals surface area contributed by atoms with Gasteiger partial charge in [-0.05, 0) is 38.8 Å². The Kier molecular flexibility index (Phi) is 2.83. The Hall–Kier alpha value is -1.76. The van der Waals surface area contributed by atoms with E-state index < -0.39 is 0 Å². The average Bonchev–Trinajstić information content (AvgIpc) is 2.74. The lowest BCUT2D eigenvalue weighted by molar-refractivity contribution is 0.325. The van der Waals surface area contributed by atoms with Gasteiger partial charge in [0.05, 0.1) is 0 Å². The number of nitrogens with one attached hydrogen (secondary N) is 2. The van der Waals surface area contributed by atoms with Crippen LogP contribution in [0.5, 0.6) is 0 Å². The van der Waals surface area contributed by atoms with Crippen LogP contribution in [0.1, 0.15) is 18.7 Å². The fraction of sp³-hybridized carbons (Fsp3) is 0.636. The van der Waals surface area contributed by atoms with Gasteiger partial charge in [0.2, 0.25) is 0 Å². The van der Waals surface area contributed by atoms with Crippen LogP contribution >= 0.6 is 0 Å². The molecule has 7 heteroatoms. The number of aromatic amines is 1. The molecule has 1 atom stereocenters. The number of nitrogens with zero attached hydrogens (tertiary/aromatic N) is 4. The van der Waals surface area contributed by atoms with Gasteiger partial charge in [0, 0.05) is 6.54 Å². The van der Waals surface area contributed by atoms with Crippen molar-refractivity contribution in [1.29, 1.82) is 0 Å². The van der Waals surface area contributed by atoms with Crippen LogP contribution in [-0.2, 0) is 6.54 Å². The van der Waals surface area contributed by atoms with Crippen molar-refractivity contribution in [2.45, 2.75) is 26.3 Å². The van der Waals surface area contributed by atoms with Crippen LogP contribution in [0.4, 0.5) is 0 Å². The molecule has 2 aromatic rings. The Morgan fingerprint density at radius 3 is 3.17 bits per heavy atom. The summed E-state index contributed by atoms with van der Waals surface area (Å²) in [5.74, 6) is 1.13. The Morgan fingerprint density at radius 2 is 2.39 bits per heavy atom. The van der Waals surface area contributed by atoms with Crippen LogP contribution in [-0.4, -0.2) is 38.1 Å². The number of rotatable bonds is 2. The maximum atomic E-state index is 11.7. The zero-order valence-electron chi connectivity index (χ0n) is 10.3. The normalized spacial score (nSPS) is 20.4. The van der Waals surface area contributed by atoms with Gasteiger partial charge in [0.1, 0.15) is 5.82 Å². The molecule has 1 aliphatic rings. The van der Waals surface area contributed by atoms with Crippen molar-refractivity contribution in [2.24, 2.45) is 5.92 Å². The van der Waals surface area contributed by atoms with Gasteiger partial charge < -0.3 is 10.3 Å². The van der Waals surface area contributed by atoms with E-state index in [0.29, 0.717) is 22.9 Å². The fourth-order valence-electron chi connectivity index (χ4n) is 2.42. The van der Waals surface area contributed by atoms with Gasteiger partial charge >= 0.3 is 0 Å². The molecule has 0 saturated carbocycles. The van der Waals surface area contributed by atoms with Crippen molar-refractivity contribution in [2.75, 3.05) is 13.1 Å². The lowest BCUT2D eigenvalue weighted by atomic mass is 10.00. The van der Waals surface area contributed by atoms with Gasteiger partial charge in [0.15, 0.2) is 11.2 Å². The first-order valence-corrected chi connectivity index (χ1v) is 6.25. The second-order valence-electron chi connectivity index (χ2n) is 4.81. The molecular weight excluding hydrogens is 232 g/mol. The van der Waals surface area contributed by atoms with E-state index in [1.165, 1.54) is 12.8 Å². The first-order chi connectivity index (χ1) is 8.74. The minimum absolute atomic E-state index is 0.217. The summed E-state index contributed by atoms with van der Waals surface area (Å²) >= 11 is 0. The topological polar surface area (TPSA) is 88.5 Å². The molecule has 0 bridgehead atoms. The number of H-pyrrole nitrogens is 1. The SMILES string of the molecule is Cc1nc2c(nnn2C[C@@H]2CCCNC2)c(=O)[nH]1. The molecule has 0 aliphatic carbocycles. The molecule has 1 fully saturated rings. The number of hydrogen-bond acceptors (Lipinski definition) is 5. The van der Waals surface area contributed by atoms with E-state index in [4.69, 9.17) is 0 Å². The number of hydrogen-bond donors (Lipinski definition) is 2. The second-order valence-corrected chi connectivity index (χ2v) is 4.81. The zero-order valence-corrected chi connectivity index (χ0v) is 10.3. The molecule has 1 aliphatic heterocycles. The summed E-state index contributed by atoms with van der Waals surface area (Å²) < 4.78 is 1.75. The Bertz CT molecular complexity index is 610. The minimum atomic E-state index is -0.217. The van der Waals surface area contributed by atoms with Crippen LogP contribution in [0.2, 0.25) is 0 Å². The molecule has 96 valence electrons. The minimum Gasteiger partial charge on any atom is -0.316 e. The first kappa shape index (κ1) is 11.3. The monoisotopic (exact) mass is 248 g/mol. The molecule has 1 saturated heterocycles. The van der Waals surface area contributed by atoms with Crippen molar-refractivity contribution in [3.63, 3.8) is 0 Å². The molecule has 2 aromatic heterocycles. The number of aromatic nitrogens is 5. The van der Waals surface area contributed by atoms with Crippen molar-refractivity contribution in [3.05, 3.63) is 16.2 Å². The Balaban J connectivity index is 1.94. The smallest absolute Gasteiger partial charge is 0.281 e. The van der Waals surface area contributed by atoms with Gasteiger partial charge in [-0.1, -0.05) is 5.21 Å². The maximum absolute atomic E-state index is 11.7. The second kappa shape index (κ2) is 4.49. The summed E-state index contributed by atoms with van der Waals surface area (Å²) in [4.78, 5) is 18.6. The molecule has 0 radical (unpaired) electrons. The van der Waals surface area contributed by atoms with Crippen LogP contribution in [0, 0.1) is 12.8 Å². The van der Waals surface area contributed by atoms with E-state index in [2.05, 4.69) is 25.6 Å². The van der Waals surface area contributed by atoms with Crippen LogP contribution in [0.25, 0.3) is 11.2 Å². The van der Waals surface area contributed by atoms with Gasteiger partial charge in [-0.25, -0.2) is 9.67 Å². The van der Waals surface area contributed by atoms with Crippen molar-refractivity contribution >= 4 is 11.2 Å². The molecule has 0 spiro atoms. The van der Waals surface area contributed by atoms with Gasteiger partial charge in [-0.3, -0.25) is 4.79 Å². The fourth-order valence-corrected chi connectivity index (χ4v) is 2.42. The molecular formula is C11H16N6O. The Labute approximate surface area is 104 Å². The molecule has 0 amide bonds. The molecule has 3 rings (SSSR count). The summed E-state index contributed by atoms with van der Waals surface area (Å²) in [5, 5.41) is 11.3. The predicted octanol–water partition coefficient (Wildman–Crippen LogP) is -0.177. The van der Waals surface area contributed by atoms with E-state index in [0.717, 1.165) is 19.6 Å². The standard InChI is InChI=1S/C11H16N6O/c1-7-13-10-9(11(18)14-7)15-16-17(10)6-8-3-2-4-12-5-8/h8,12H,2-6H2,1H3,(H,13,14,18)/t8-/m1/s1. The largest absolute Gasteiger partial charge is 0.316 e. The summed E-state index contributed by atoms with van der Waals surface area (Å²) in [7, 11) is 0. The van der Waals surface area contributed by atoms with Crippen LogP contribution < -0.4 is 10.9 Å². The predicted molar refractivity (Wildman–Crippen MR) is 66.3 cm³/mol. The van der Waals surface area contributed by atoms with Crippen molar-refractivity contribution in [1.82, 2.24) is 30.3 Å². The maximum Gasteiger partial charge on any atom is 0.281 e. The number of aryl methyl sites for hydroxylation is 1. The number of fused-ring (bicyclic) bond motifs is 1. The average molecular weight is 248 g/mol. The van der Waals surface area contributed by atoms with Gasteiger partial charge in [0.25, 0.3) is 5.56 Å². The van der Waals surface area contributed by atoms with Gasteiger partial charge in [-0.2, -0.15) is 0 Å². The quantitative estimate of drug-likeness (QED) is 0.770. The Morgan fingerprint density at radius 1 is 1.50 bits per heavy atom. The molecule has 3 heterocycles. The molecule has 2 N–H and O–H groups in total. The van der Waals surface area contributed by atoms with Crippen LogP contribution in [0.15, 0.2) is 4.79 Å². The highest BCUT2D eigenvalue weighted by Gasteiger charge is 2.17. The van der Waals surface area contributed by atoms with E-state index in [9.17, 15) is 4.79 Å². The van der Waals surface area contributed by atoms with Crippen molar-refractivity contribution in [3.8, 4) is 0 Å². The zero-order chi connectivity index (χ0) is 12.5. The summed E-state index contributed by atoms with van der Waals surface area (Å²) in [6.45, 7) is 4.61. The van der Waals surface area contributed by atoms with Crippen LogP contribution in [0.3, 0.4) is 0 Å². The molecule has 0 unspecified atom stereocenters. The highest BCUT2D eigenvalue weighted by Crippen LogP contribution is 2.13. The summed E-state index contributed by atoms with van der Waals surface area (Å²) in [5.41, 5.74) is 0.691. The third-order valence-electron chi connectivity index (χ3n) is 3.32. The van der Waals surface area contributed by atoms with E-state index in [-0.39, 0.29) is 5.56 Å². The van der Waals surface area contributed by atoms with Crippen molar-refractivity contribution < 1.29 is 0 Å². The summed E-state index contributed by atoms with van der Waals surface area (Å²) in [6.07, 6.45) is 2.36. The van der Waals surface area contributed by atoms with E-state index in [1.807, 2.05) is 0 Å². The van der Waals surface area contributed by atoms with E-state index >= 15 is 0 Å². The molecule has 18 heavy (non-hydrogen) atoms. The highest BCUT2D eigenvalue weighted by molar-refractivity contribution is 5.67. The van der Waals surface area contributed by atoms with Gasteiger partial charge in [-0.15, -0.1) is 5.10 Å². The molecule has 7 nitrogen and oxygen atoms in total. The molecule has 0 aromatic carbocycles. The highest BCUT2D eigenvalue weighted by atomic mass is 16.1. The number of piperidine rings is 1. The third kappa shape index (κ3) is 2.01. The lowest BCUT2D eigenvalue weighted by Crippen LogP contribution is -2.32. The lowest BCUT2D eigenvalue weighted by Gasteiger charge is -2.22. The van der Waals surface area contributed by atoms with E-state index in [1.54, 1.807) is 11.6 Å².